The zero-order chi connectivity index (χ0) is 99.9. The molecular formula is C93H96Cl2F8N10O20S4. The second-order valence-corrected chi connectivity index (χ2v) is 41.5. The number of benzene rings is 9. The molecule has 2 N–H and O–H groups in total. The molecule has 5 heterocycles. The molecule has 732 valence electrons. The summed E-state index contributed by atoms with van der Waals surface area (Å²) in [5, 5.41) is 0.326. The molecule has 4 atom stereocenters. The van der Waals surface area contributed by atoms with Gasteiger partial charge in [0.25, 0.3) is 0 Å². The molecule has 9 aromatic carbocycles. The van der Waals surface area contributed by atoms with Gasteiger partial charge in [-0.25, -0.2) is 61.6 Å². The Balaban J connectivity index is 0.000000165. The smallest absolute Gasteiger partial charge is 0.416 e. The lowest BCUT2D eigenvalue weighted by molar-refractivity contribution is -0.140. The number of aromatic nitrogens is 10. The molecule has 0 bridgehead atoms. The SMILES string of the molecule is CCOc1cc([C@H](CS(C)(=O)=O)n2c(=O)[nH]c3c(Cl)cccc32)ccc1OC.CCOc1cc([C@H](CS(C)(=O)=O)n2c(=O)[nH]c3cc(-c4nccnc4C4CC4)ccc32)ccc1OC.CCOc1cc([C@H](CS(C)(=O)=O)n2c(=O)n(CC(F)(F)F)c3c(Cl)cccc32)ccc1OC.CCOc1cc([C@H](CS(C)(=O)=O)n2c(=O)n(Cc3ccccc3F)c3cc(C(F)(F)F)cc(F)c32)ccc1OC. The molecule has 1 aliphatic rings. The van der Waals surface area contributed by atoms with Crippen LogP contribution in [0.4, 0.5) is 35.1 Å². The van der Waals surface area contributed by atoms with Crippen LogP contribution >= 0.6 is 23.2 Å². The van der Waals surface area contributed by atoms with Crippen LogP contribution in [0, 0.1) is 11.6 Å². The van der Waals surface area contributed by atoms with Gasteiger partial charge in [-0.3, -0.25) is 37.4 Å². The van der Waals surface area contributed by atoms with Gasteiger partial charge in [-0.15, -0.1) is 0 Å². The first-order valence-electron chi connectivity index (χ1n) is 42.2. The highest BCUT2D eigenvalue weighted by Crippen LogP contribution is 2.45. The van der Waals surface area contributed by atoms with E-state index in [9.17, 15) is 83.6 Å². The van der Waals surface area contributed by atoms with Gasteiger partial charge in [-0.05, 0) is 166 Å². The molecule has 0 amide bonds. The molecule has 0 unspecified atom stereocenters. The highest BCUT2D eigenvalue weighted by Gasteiger charge is 2.39. The highest BCUT2D eigenvalue weighted by molar-refractivity contribution is 7.91. The fraction of sp³-hybridized carbons (Fsp3) is 0.333. The van der Waals surface area contributed by atoms with Crippen molar-refractivity contribution in [3.63, 3.8) is 0 Å². The Morgan fingerprint density at radius 1 is 0.431 bits per heavy atom. The molecule has 44 heteroatoms. The number of para-hydroxylation sites is 2. The van der Waals surface area contributed by atoms with E-state index in [1.54, 1.807) is 100 Å². The van der Waals surface area contributed by atoms with Crippen molar-refractivity contribution in [2.24, 2.45) is 0 Å². The standard InChI is InChI=1S/C27H25F5N2O5S.C26H28N4O5S.C21H22ClF3N2O5S.C19H21ClN2O5S/c1-4-39-24-11-16(9-10-23(24)38-2)22(15-40(3,36)37)34-25-20(29)12-18(27(30,31)32)13-21(25)33(26(34)35)14-17-7-5-6-8-19(17)28;1-4-35-23-14-17(8-10-22(23)34-2)21(15-36(3,32)33)30-20-9-7-18(13-19(20)29-26(30)31)25-24(16-5-6-16)27-11-12-28-25;1-4-32-18-10-13(8-9-17(18)31-2)16(11-33(3,29)30)27-15-7-5-6-14(22)19(15)26(20(27)28)12-21(23,24)25;1-4-27-17-10-12(8-9-16(17)26-2)15(11-28(3,24)25)22-14-7-5-6-13(20)18(14)21-19(22)23/h5-13,22H,4,14-15H2,1-3H3;7-14,16,21H,4-6,15H2,1-3H3,(H,29,31);5-10,16H,4,11-12H2,1-3H3;5-10,15H,4,11H2,1-3H3,(H,21,23)/t22-;21-;16-;15-/m0000/s1. The van der Waals surface area contributed by atoms with Gasteiger partial charge in [0.15, 0.2) is 46.0 Å². The molecule has 1 aliphatic carbocycles. The van der Waals surface area contributed by atoms with E-state index in [0.29, 0.717) is 114 Å². The third kappa shape index (κ3) is 24.5. The van der Waals surface area contributed by atoms with Gasteiger partial charge in [0.05, 0.1) is 174 Å². The Morgan fingerprint density at radius 2 is 0.854 bits per heavy atom. The number of sulfone groups is 4. The van der Waals surface area contributed by atoms with Crippen molar-refractivity contribution in [2.45, 2.75) is 96.1 Å². The number of ether oxygens (including phenoxy) is 8. The summed E-state index contributed by atoms with van der Waals surface area (Å²) >= 11 is 12.4. The third-order valence-corrected chi connectivity index (χ3v) is 26.2. The molecule has 0 saturated heterocycles. The van der Waals surface area contributed by atoms with Gasteiger partial charge in [0, 0.05) is 54.5 Å². The van der Waals surface area contributed by atoms with Crippen LogP contribution in [0.2, 0.25) is 10.0 Å². The van der Waals surface area contributed by atoms with Gasteiger partial charge in [-0.1, -0.05) is 83.9 Å². The Labute approximate surface area is 790 Å². The van der Waals surface area contributed by atoms with Crippen molar-refractivity contribution in [3.8, 4) is 57.3 Å². The predicted molar refractivity (Wildman–Crippen MR) is 505 cm³/mol. The van der Waals surface area contributed by atoms with Gasteiger partial charge >= 0.3 is 35.1 Å². The average Bonchev–Trinajstić information content (AvgIpc) is 1.59. The van der Waals surface area contributed by atoms with E-state index in [-0.39, 0.29) is 63.7 Å². The zero-order valence-electron chi connectivity index (χ0n) is 75.8. The van der Waals surface area contributed by atoms with Crippen LogP contribution in [0.5, 0.6) is 46.0 Å². The number of nitrogens with zero attached hydrogens (tertiary/aromatic N) is 8. The molecule has 14 aromatic rings. The van der Waals surface area contributed by atoms with Crippen molar-refractivity contribution in [3.05, 3.63) is 279 Å². The fourth-order valence-corrected chi connectivity index (χ4v) is 20.2. The van der Waals surface area contributed by atoms with Crippen molar-refractivity contribution < 1.29 is 107 Å². The van der Waals surface area contributed by atoms with E-state index in [1.807, 2.05) is 32.0 Å². The zero-order valence-corrected chi connectivity index (χ0v) is 80.5. The summed E-state index contributed by atoms with van der Waals surface area (Å²) in [7, 11) is -8.50. The lowest BCUT2D eigenvalue weighted by atomic mass is 10.1. The van der Waals surface area contributed by atoms with Crippen molar-refractivity contribution >= 4 is 107 Å². The van der Waals surface area contributed by atoms with Crippen LogP contribution in [-0.4, -0.2) is 190 Å². The third-order valence-electron chi connectivity index (χ3n) is 21.9. The number of methoxy groups -OCH3 is 4. The Kier molecular flexibility index (Phi) is 32.1. The Hall–Kier alpha value is -12.6. The second kappa shape index (κ2) is 42.5. The van der Waals surface area contributed by atoms with E-state index < -0.39 is 151 Å². The summed E-state index contributed by atoms with van der Waals surface area (Å²) in [5.74, 6) is -0.235. The lowest BCUT2D eigenvalue weighted by Gasteiger charge is -2.21. The number of alkyl halides is 6. The van der Waals surface area contributed by atoms with Gasteiger partial charge in [0.1, 0.15) is 63.0 Å². The topological polar surface area (TPSA) is 366 Å². The molecule has 30 nitrogen and oxygen atoms in total. The number of imidazole rings is 4. The minimum absolute atomic E-state index is 0.0378. The van der Waals surface area contributed by atoms with Crippen LogP contribution in [0.3, 0.4) is 0 Å². The summed E-state index contributed by atoms with van der Waals surface area (Å²) in [6, 6.07) is 36.4. The Morgan fingerprint density at radius 3 is 1.29 bits per heavy atom. The van der Waals surface area contributed by atoms with Crippen molar-refractivity contribution in [1.29, 1.82) is 0 Å². The first-order chi connectivity index (χ1) is 64.6. The van der Waals surface area contributed by atoms with Crippen LogP contribution in [0.15, 0.2) is 195 Å². The van der Waals surface area contributed by atoms with E-state index >= 15 is 4.39 Å². The summed E-state index contributed by atoms with van der Waals surface area (Å²) in [6.45, 7) is 6.37. The molecule has 5 aromatic heterocycles. The van der Waals surface area contributed by atoms with Crippen molar-refractivity contribution in [1.82, 2.24) is 47.3 Å². The number of aromatic amines is 2. The van der Waals surface area contributed by atoms with Gasteiger partial charge < -0.3 is 47.9 Å². The molecule has 1 fully saturated rings. The number of fused-ring (bicyclic) bond motifs is 4. The van der Waals surface area contributed by atoms with E-state index in [0.717, 1.165) is 68.3 Å². The van der Waals surface area contributed by atoms with E-state index in [2.05, 4.69) is 19.9 Å². The quantitative estimate of drug-likeness (QED) is 0.0361. The first-order valence-corrected chi connectivity index (χ1v) is 51.2. The number of H-pyrrole nitrogens is 2. The molecule has 1 saturated carbocycles. The van der Waals surface area contributed by atoms with Crippen LogP contribution in [-0.2, 0) is 58.6 Å². The van der Waals surface area contributed by atoms with Gasteiger partial charge in [0.2, 0.25) is 0 Å². The Bertz CT molecular complexity index is 7590. The molecule has 15 rings (SSSR count). The lowest BCUT2D eigenvalue weighted by Crippen LogP contribution is -2.34. The average molecular weight is 2020 g/mol. The number of nitrogens with one attached hydrogen (secondary N) is 2. The minimum Gasteiger partial charge on any atom is -0.493 e. The summed E-state index contributed by atoms with van der Waals surface area (Å²) in [4.78, 5) is 67.8. The molecule has 137 heavy (non-hydrogen) atoms. The maximum atomic E-state index is 15.5. The van der Waals surface area contributed by atoms with Gasteiger partial charge in [-0.2, -0.15) is 26.3 Å². The van der Waals surface area contributed by atoms with E-state index in [4.69, 9.17) is 61.1 Å². The maximum absolute atomic E-state index is 15.5. The monoisotopic (exact) mass is 2020 g/mol. The maximum Gasteiger partial charge on any atom is 0.416 e. The molecule has 0 aliphatic heterocycles. The highest BCUT2D eigenvalue weighted by atomic mass is 35.5. The normalized spacial score (nSPS) is 13.5. The number of rotatable bonds is 33. The summed E-state index contributed by atoms with van der Waals surface area (Å²) in [6.07, 6.45) is 0.115. The summed E-state index contributed by atoms with van der Waals surface area (Å²) in [5.41, 5.74) is 1.22. The molecular weight excluding hydrogens is 1930 g/mol. The first kappa shape index (κ1) is 103. The molecule has 0 spiro atoms. The number of hydrogen-bond donors (Lipinski definition) is 2. The fourth-order valence-electron chi connectivity index (χ4n) is 16.0. The van der Waals surface area contributed by atoms with Crippen LogP contribution in [0.25, 0.3) is 55.4 Å². The van der Waals surface area contributed by atoms with Crippen LogP contribution < -0.4 is 60.7 Å². The largest absolute Gasteiger partial charge is 0.493 e. The number of hydrogen-bond acceptors (Lipinski definition) is 22. The predicted octanol–water partition coefficient (Wildman–Crippen LogP) is 16.0. The molecule has 0 radical (unpaired) electrons. The van der Waals surface area contributed by atoms with Crippen molar-refractivity contribution in [2.75, 3.05) is 103 Å². The summed E-state index contributed by atoms with van der Waals surface area (Å²) < 4.78 is 259. The minimum atomic E-state index is -4.95. The van der Waals surface area contributed by atoms with E-state index in [1.165, 1.54) is 97.4 Å². The second-order valence-electron chi connectivity index (χ2n) is 32.0. The number of halogens is 10. The van der Waals surface area contributed by atoms with Crippen LogP contribution in [0.1, 0.15) is 110 Å².